The maximum Gasteiger partial charge on any atom is 0.164 e. The van der Waals surface area contributed by atoms with E-state index < -0.39 is 0 Å². The zero-order valence-corrected chi connectivity index (χ0v) is 13.5. The SMILES string of the molecule is Cc1ccc(-n2c(CC3CCSC3)nc3cccnc32)cc1. The van der Waals surface area contributed by atoms with Crippen LogP contribution in [0.5, 0.6) is 0 Å². The number of nitrogens with zero attached hydrogens (tertiary/aromatic N) is 3. The fraction of sp³-hybridized carbons (Fsp3) is 0.333. The molecule has 0 saturated carbocycles. The molecule has 0 aliphatic carbocycles. The van der Waals surface area contributed by atoms with Gasteiger partial charge in [0.2, 0.25) is 0 Å². The Labute approximate surface area is 134 Å². The van der Waals surface area contributed by atoms with Crippen LogP contribution in [0.25, 0.3) is 16.9 Å². The molecule has 1 fully saturated rings. The maximum absolute atomic E-state index is 4.87. The average molecular weight is 309 g/mol. The molecular weight excluding hydrogens is 290 g/mol. The minimum Gasteiger partial charge on any atom is -0.281 e. The second-order valence-electron chi connectivity index (χ2n) is 5.98. The molecule has 3 aromatic rings. The van der Waals surface area contributed by atoms with Crippen LogP contribution in [-0.2, 0) is 6.42 Å². The molecule has 112 valence electrons. The van der Waals surface area contributed by atoms with Crippen molar-refractivity contribution in [2.45, 2.75) is 19.8 Å². The van der Waals surface area contributed by atoms with Crippen molar-refractivity contribution in [3.8, 4) is 5.69 Å². The predicted octanol–water partition coefficient (Wildman–Crippen LogP) is 4.02. The molecule has 4 heteroatoms. The Morgan fingerprint density at radius 1 is 1.23 bits per heavy atom. The van der Waals surface area contributed by atoms with Gasteiger partial charge >= 0.3 is 0 Å². The Kier molecular flexibility index (Phi) is 3.62. The van der Waals surface area contributed by atoms with Crippen LogP contribution in [0.2, 0.25) is 0 Å². The number of hydrogen-bond acceptors (Lipinski definition) is 3. The molecule has 2 aromatic heterocycles. The predicted molar refractivity (Wildman–Crippen MR) is 92.7 cm³/mol. The molecule has 1 atom stereocenters. The van der Waals surface area contributed by atoms with Crippen molar-refractivity contribution < 1.29 is 0 Å². The minimum absolute atomic E-state index is 0.742. The first kappa shape index (κ1) is 13.8. The topological polar surface area (TPSA) is 30.7 Å². The standard InChI is InChI=1S/C18H19N3S/c1-13-4-6-15(7-5-13)21-17(11-14-8-10-22-12-14)20-16-3-2-9-19-18(16)21/h2-7,9,14H,8,10-12H2,1H3. The number of imidazole rings is 1. The number of aryl methyl sites for hydroxylation is 1. The Hall–Kier alpha value is -1.81. The van der Waals surface area contributed by atoms with E-state index in [1.807, 2.05) is 12.3 Å². The van der Waals surface area contributed by atoms with Crippen molar-refractivity contribution in [1.29, 1.82) is 0 Å². The molecule has 1 saturated heterocycles. The zero-order chi connectivity index (χ0) is 14.9. The molecule has 0 amide bonds. The summed E-state index contributed by atoms with van der Waals surface area (Å²) >= 11 is 2.06. The summed E-state index contributed by atoms with van der Waals surface area (Å²) in [4.78, 5) is 9.44. The van der Waals surface area contributed by atoms with Crippen molar-refractivity contribution in [2.75, 3.05) is 11.5 Å². The van der Waals surface area contributed by atoms with Crippen molar-refractivity contribution in [3.05, 3.63) is 54.0 Å². The molecule has 3 nitrogen and oxygen atoms in total. The van der Waals surface area contributed by atoms with E-state index in [4.69, 9.17) is 4.98 Å². The van der Waals surface area contributed by atoms with Gasteiger partial charge in [-0.25, -0.2) is 9.97 Å². The Bertz CT molecular complexity index is 786. The number of aromatic nitrogens is 3. The van der Waals surface area contributed by atoms with Crippen molar-refractivity contribution in [3.63, 3.8) is 0 Å². The van der Waals surface area contributed by atoms with Crippen molar-refractivity contribution in [2.24, 2.45) is 5.92 Å². The molecule has 0 spiro atoms. The van der Waals surface area contributed by atoms with Crippen LogP contribution in [0.1, 0.15) is 17.8 Å². The molecule has 0 bridgehead atoms. The van der Waals surface area contributed by atoms with E-state index in [1.165, 1.54) is 23.5 Å². The van der Waals surface area contributed by atoms with E-state index in [1.54, 1.807) is 0 Å². The summed E-state index contributed by atoms with van der Waals surface area (Å²) < 4.78 is 2.23. The fourth-order valence-corrected chi connectivity index (χ4v) is 4.35. The highest BCUT2D eigenvalue weighted by atomic mass is 32.2. The highest BCUT2D eigenvalue weighted by Gasteiger charge is 2.21. The summed E-state index contributed by atoms with van der Waals surface area (Å²) in [6.07, 6.45) is 4.19. The lowest BCUT2D eigenvalue weighted by molar-refractivity contribution is 0.572. The molecule has 1 unspecified atom stereocenters. The van der Waals surface area contributed by atoms with Crippen LogP contribution >= 0.6 is 11.8 Å². The van der Waals surface area contributed by atoms with Gasteiger partial charge in [0.25, 0.3) is 0 Å². The molecule has 22 heavy (non-hydrogen) atoms. The summed E-state index contributed by atoms with van der Waals surface area (Å²) in [6.45, 7) is 2.12. The summed E-state index contributed by atoms with van der Waals surface area (Å²) in [5.41, 5.74) is 4.39. The molecule has 1 aromatic carbocycles. The number of fused-ring (bicyclic) bond motifs is 1. The van der Waals surface area contributed by atoms with Crippen molar-refractivity contribution >= 4 is 22.9 Å². The lowest BCUT2D eigenvalue weighted by Gasteiger charge is -2.12. The van der Waals surface area contributed by atoms with E-state index in [9.17, 15) is 0 Å². The highest BCUT2D eigenvalue weighted by molar-refractivity contribution is 7.99. The van der Waals surface area contributed by atoms with Crippen LogP contribution in [-0.4, -0.2) is 26.0 Å². The molecule has 1 aliphatic rings. The molecular formula is C18H19N3S. The summed E-state index contributed by atoms with van der Waals surface area (Å²) in [5.74, 6) is 4.43. The normalized spacial score (nSPS) is 18.1. The van der Waals surface area contributed by atoms with Crippen LogP contribution in [0, 0.1) is 12.8 Å². The first-order chi connectivity index (χ1) is 10.8. The van der Waals surface area contributed by atoms with Crippen molar-refractivity contribution in [1.82, 2.24) is 14.5 Å². The van der Waals surface area contributed by atoms with E-state index in [2.05, 4.69) is 58.6 Å². The van der Waals surface area contributed by atoms with Gasteiger partial charge < -0.3 is 0 Å². The van der Waals surface area contributed by atoms with Gasteiger partial charge in [0.05, 0.1) is 0 Å². The second-order valence-corrected chi connectivity index (χ2v) is 7.13. The largest absolute Gasteiger partial charge is 0.281 e. The maximum atomic E-state index is 4.87. The number of hydrogen-bond donors (Lipinski definition) is 0. The Morgan fingerprint density at radius 3 is 2.86 bits per heavy atom. The van der Waals surface area contributed by atoms with Gasteiger partial charge in [-0.2, -0.15) is 11.8 Å². The quantitative estimate of drug-likeness (QED) is 0.732. The lowest BCUT2D eigenvalue weighted by atomic mass is 10.0. The van der Waals surface area contributed by atoms with Gasteiger partial charge in [-0.3, -0.25) is 4.57 Å². The Morgan fingerprint density at radius 2 is 2.09 bits per heavy atom. The number of benzene rings is 1. The second kappa shape index (κ2) is 5.76. The van der Waals surface area contributed by atoms with Crippen LogP contribution in [0.3, 0.4) is 0 Å². The fourth-order valence-electron chi connectivity index (χ4n) is 3.06. The smallest absolute Gasteiger partial charge is 0.164 e. The molecule has 4 rings (SSSR count). The van der Waals surface area contributed by atoms with E-state index in [-0.39, 0.29) is 0 Å². The van der Waals surface area contributed by atoms with Gasteiger partial charge in [-0.05, 0) is 55.0 Å². The number of pyridine rings is 1. The van der Waals surface area contributed by atoms with Gasteiger partial charge in [0, 0.05) is 18.3 Å². The summed E-state index contributed by atoms with van der Waals surface area (Å²) in [6, 6.07) is 12.7. The third-order valence-electron chi connectivity index (χ3n) is 4.27. The monoisotopic (exact) mass is 309 g/mol. The van der Waals surface area contributed by atoms with Crippen LogP contribution in [0.4, 0.5) is 0 Å². The van der Waals surface area contributed by atoms with Gasteiger partial charge in [0.15, 0.2) is 5.65 Å². The average Bonchev–Trinajstić information content (AvgIpc) is 3.16. The third kappa shape index (κ3) is 2.52. The highest BCUT2D eigenvalue weighted by Crippen LogP contribution is 2.28. The third-order valence-corrected chi connectivity index (χ3v) is 5.50. The van der Waals surface area contributed by atoms with Gasteiger partial charge in [-0.1, -0.05) is 17.7 Å². The molecule has 0 N–H and O–H groups in total. The molecule has 3 heterocycles. The molecule has 1 aliphatic heterocycles. The Balaban J connectivity index is 1.83. The van der Waals surface area contributed by atoms with E-state index in [0.29, 0.717) is 0 Å². The van der Waals surface area contributed by atoms with Crippen LogP contribution in [0.15, 0.2) is 42.6 Å². The first-order valence-corrected chi connectivity index (χ1v) is 8.94. The number of rotatable bonds is 3. The molecule has 0 radical (unpaired) electrons. The lowest BCUT2D eigenvalue weighted by Crippen LogP contribution is -2.09. The minimum atomic E-state index is 0.742. The van der Waals surface area contributed by atoms with Gasteiger partial charge in [-0.15, -0.1) is 0 Å². The zero-order valence-electron chi connectivity index (χ0n) is 12.7. The van der Waals surface area contributed by atoms with Gasteiger partial charge in [0.1, 0.15) is 11.3 Å². The van der Waals surface area contributed by atoms with Crippen LogP contribution < -0.4 is 0 Å². The number of thioether (sulfide) groups is 1. The van der Waals surface area contributed by atoms with E-state index in [0.717, 1.165) is 35.0 Å². The summed E-state index contributed by atoms with van der Waals surface area (Å²) in [7, 11) is 0. The first-order valence-electron chi connectivity index (χ1n) is 7.78. The summed E-state index contributed by atoms with van der Waals surface area (Å²) in [5, 5.41) is 0. The van der Waals surface area contributed by atoms with E-state index >= 15 is 0 Å².